The number of benzene rings is 2. The van der Waals surface area contributed by atoms with Crippen LogP contribution in [0.15, 0.2) is 35.1 Å². The molecule has 1 heterocycles. The normalized spacial score (nSPS) is 10.7. The second-order valence-corrected chi connectivity index (χ2v) is 6.38. The number of hydroxylamine groups is 1. The molecule has 0 aliphatic heterocycles. The van der Waals surface area contributed by atoms with Crippen molar-refractivity contribution in [3.63, 3.8) is 0 Å². The number of aryl methyl sites for hydroxylation is 1. The highest BCUT2D eigenvalue weighted by atomic mass is 127. The molecule has 0 unspecified atom stereocenters. The van der Waals surface area contributed by atoms with E-state index in [2.05, 4.69) is 32.9 Å². The summed E-state index contributed by atoms with van der Waals surface area (Å²) in [5.41, 5.74) is 2.75. The zero-order valence-corrected chi connectivity index (χ0v) is 14.9. The molecule has 25 heavy (non-hydrogen) atoms. The van der Waals surface area contributed by atoms with E-state index >= 15 is 0 Å². The second kappa shape index (κ2) is 6.64. The number of amides is 1. The number of carbonyl (C=O) groups excluding carboxylic acids is 1. The Morgan fingerprint density at radius 2 is 2.16 bits per heavy atom. The molecule has 0 atom stereocenters. The van der Waals surface area contributed by atoms with Crippen LogP contribution in [0.1, 0.15) is 15.9 Å². The standard InChI is InChI=1S/C15H11IN4O5/c1-7-4-8(16)2-3-10(7)18-12-9(15(21)19-22)5-11(20(23)24)13-14(12)25-6-17-13/h2-6,18,22H,1H3,(H,19,21). The average molecular weight is 454 g/mol. The Bertz CT molecular complexity index is 1000. The van der Waals surface area contributed by atoms with E-state index in [1.807, 2.05) is 19.1 Å². The lowest BCUT2D eigenvalue weighted by atomic mass is 10.1. The zero-order chi connectivity index (χ0) is 18.1. The number of nitrogens with zero attached hydrogens (tertiary/aromatic N) is 2. The molecule has 0 aliphatic rings. The number of carbonyl (C=O) groups is 1. The molecule has 128 valence electrons. The Balaban J connectivity index is 2.25. The highest BCUT2D eigenvalue weighted by molar-refractivity contribution is 14.1. The second-order valence-electron chi connectivity index (χ2n) is 5.13. The molecule has 3 aromatic rings. The number of rotatable bonds is 4. The van der Waals surface area contributed by atoms with Crippen molar-refractivity contribution in [2.45, 2.75) is 6.92 Å². The smallest absolute Gasteiger partial charge is 0.299 e. The van der Waals surface area contributed by atoms with Crippen molar-refractivity contribution >= 4 is 56.7 Å². The number of nitrogens with one attached hydrogen (secondary N) is 2. The number of anilines is 2. The van der Waals surface area contributed by atoms with Crippen molar-refractivity contribution in [1.82, 2.24) is 10.5 Å². The summed E-state index contributed by atoms with van der Waals surface area (Å²) in [6.07, 6.45) is 1.06. The van der Waals surface area contributed by atoms with Gasteiger partial charge in [-0.1, -0.05) is 0 Å². The molecule has 0 saturated heterocycles. The van der Waals surface area contributed by atoms with Gasteiger partial charge in [-0.15, -0.1) is 0 Å². The third-order valence-electron chi connectivity index (χ3n) is 3.58. The van der Waals surface area contributed by atoms with E-state index in [4.69, 9.17) is 9.62 Å². The highest BCUT2D eigenvalue weighted by Gasteiger charge is 2.26. The van der Waals surface area contributed by atoms with Gasteiger partial charge in [0, 0.05) is 15.3 Å². The first-order valence-corrected chi connectivity index (χ1v) is 8.02. The lowest BCUT2D eigenvalue weighted by molar-refractivity contribution is -0.383. The monoisotopic (exact) mass is 454 g/mol. The van der Waals surface area contributed by atoms with Crippen LogP contribution in [-0.4, -0.2) is 21.0 Å². The van der Waals surface area contributed by atoms with Gasteiger partial charge in [-0.25, -0.2) is 10.5 Å². The van der Waals surface area contributed by atoms with Gasteiger partial charge in [0.15, 0.2) is 17.5 Å². The van der Waals surface area contributed by atoms with Gasteiger partial charge in [-0.2, -0.15) is 0 Å². The Labute approximate surface area is 154 Å². The number of hydrogen-bond acceptors (Lipinski definition) is 7. The molecule has 1 amide bonds. The molecule has 0 bridgehead atoms. The van der Waals surface area contributed by atoms with Crippen molar-refractivity contribution in [1.29, 1.82) is 0 Å². The van der Waals surface area contributed by atoms with Gasteiger partial charge in [-0.3, -0.25) is 20.1 Å². The Morgan fingerprint density at radius 3 is 2.80 bits per heavy atom. The minimum Gasteiger partial charge on any atom is -0.441 e. The molecular formula is C15H11IN4O5. The van der Waals surface area contributed by atoms with Crippen LogP contribution >= 0.6 is 22.6 Å². The topological polar surface area (TPSA) is 131 Å². The molecular weight excluding hydrogens is 443 g/mol. The van der Waals surface area contributed by atoms with E-state index in [0.29, 0.717) is 5.69 Å². The summed E-state index contributed by atoms with van der Waals surface area (Å²) in [6.45, 7) is 1.87. The SMILES string of the molecule is Cc1cc(I)ccc1Nc1c(C(=O)NO)cc([N+](=O)[O-])c2ncoc12. The Kier molecular flexibility index (Phi) is 4.55. The van der Waals surface area contributed by atoms with Crippen molar-refractivity contribution in [2.75, 3.05) is 5.32 Å². The first-order valence-electron chi connectivity index (χ1n) is 6.94. The van der Waals surface area contributed by atoms with Crippen LogP contribution in [0, 0.1) is 20.6 Å². The minimum absolute atomic E-state index is 0.00477. The zero-order valence-electron chi connectivity index (χ0n) is 12.7. The van der Waals surface area contributed by atoms with Gasteiger partial charge in [0.25, 0.3) is 11.6 Å². The number of halogens is 1. The summed E-state index contributed by atoms with van der Waals surface area (Å²) in [6, 6.07) is 6.64. The lowest BCUT2D eigenvalue weighted by Crippen LogP contribution is -2.20. The third-order valence-corrected chi connectivity index (χ3v) is 4.25. The van der Waals surface area contributed by atoms with E-state index in [0.717, 1.165) is 21.6 Å². The quantitative estimate of drug-likeness (QED) is 0.238. The van der Waals surface area contributed by atoms with Crippen molar-refractivity contribution < 1.29 is 19.3 Å². The van der Waals surface area contributed by atoms with Crippen molar-refractivity contribution in [3.8, 4) is 0 Å². The largest absolute Gasteiger partial charge is 0.441 e. The van der Waals surface area contributed by atoms with Crippen LogP contribution in [0.25, 0.3) is 11.1 Å². The summed E-state index contributed by atoms with van der Waals surface area (Å²) >= 11 is 2.17. The van der Waals surface area contributed by atoms with Crippen LogP contribution in [0.2, 0.25) is 0 Å². The maximum atomic E-state index is 12.0. The molecule has 9 nitrogen and oxygen atoms in total. The van der Waals surface area contributed by atoms with E-state index in [1.54, 1.807) is 6.07 Å². The Hall–Kier alpha value is -2.73. The third kappa shape index (κ3) is 3.13. The van der Waals surface area contributed by atoms with E-state index < -0.39 is 16.5 Å². The lowest BCUT2D eigenvalue weighted by Gasteiger charge is -2.13. The number of fused-ring (bicyclic) bond motifs is 1. The molecule has 10 heteroatoms. The molecule has 0 saturated carbocycles. The Morgan fingerprint density at radius 1 is 1.40 bits per heavy atom. The summed E-state index contributed by atoms with van der Waals surface area (Å²) in [7, 11) is 0. The van der Waals surface area contributed by atoms with Gasteiger partial charge in [0.05, 0.1) is 16.2 Å². The van der Waals surface area contributed by atoms with E-state index in [-0.39, 0.29) is 22.4 Å². The maximum absolute atomic E-state index is 12.0. The molecule has 0 fully saturated rings. The molecule has 2 aromatic carbocycles. The van der Waals surface area contributed by atoms with Gasteiger partial charge in [0.1, 0.15) is 0 Å². The van der Waals surface area contributed by atoms with E-state index in [9.17, 15) is 14.9 Å². The van der Waals surface area contributed by atoms with Crippen LogP contribution in [0.5, 0.6) is 0 Å². The molecule has 3 N–H and O–H groups in total. The number of nitro groups is 1. The molecule has 0 aliphatic carbocycles. The van der Waals surface area contributed by atoms with Crippen LogP contribution < -0.4 is 10.8 Å². The fourth-order valence-electron chi connectivity index (χ4n) is 2.41. The number of hydrogen-bond donors (Lipinski definition) is 3. The summed E-state index contributed by atoms with van der Waals surface area (Å²) < 4.78 is 6.30. The van der Waals surface area contributed by atoms with E-state index in [1.165, 1.54) is 5.48 Å². The fourth-order valence-corrected chi connectivity index (χ4v) is 3.06. The van der Waals surface area contributed by atoms with Crippen LogP contribution in [-0.2, 0) is 0 Å². The minimum atomic E-state index is -0.910. The molecule has 0 spiro atoms. The number of aromatic nitrogens is 1. The molecule has 0 radical (unpaired) electrons. The van der Waals surface area contributed by atoms with Gasteiger partial charge in [-0.05, 0) is 53.3 Å². The summed E-state index contributed by atoms with van der Waals surface area (Å²) in [5, 5.41) is 23.3. The fraction of sp³-hybridized carbons (Fsp3) is 0.0667. The predicted molar refractivity (Wildman–Crippen MR) is 97.1 cm³/mol. The molecule has 1 aromatic heterocycles. The highest BCUT2D eigenvalue weighted by Crippen LogP contribution is 2.36. The first-order chi connectivity index (χ1) is 11.9. The summed E-state index contributed by atoms with van der Waals surface area (Å²) in [5.74, 6) is -0.910. The van der Waals surface area contributed by atoms with Crippen molar-refractivity contribution in [2.24, 2.45) is 0 Å². The predicted octanol–water partition coefficient (Wildman–Crippen LogP) is 3.51. The average Bonchev–Trinajstić information content (AvgIpc) is 3.05. The maximum Gasteiger partial charge on any atom is 0.299 e. The number of nitro benzene ring substituents is 1. The summed E-state index contributed by atoms with van der Waals surface area (Å²) in [4.78, 5) is 26.5. The van der Waals surface area contributed by atoms with Gasteiger partial charge >= 0.3 is 0 Å². The number of non-ortho nitro benzene ring substituents is 1. The van der Waals surface area contributed by atoms with Crippen LogP contribution in [0.4, 0.5) is 17.1 Å². The van der Waals surface area contributed by atoms with Crippen LogP contribution in [0.3, 0.4) is 0 Å². The number of oxazole rings is 1. The first kappa shape index (κ1) is 17.1. The van der Waals surface area contributed by atoms with Gasteiger partial charge < -0.3 is 9.73 Å². The van der Waals surface area contributed by atoms with Crippen molar-refractivity contribution in [3.05, 3.63) is 55.5 Å². The molecule has 3 rings (SSSR count). The van der Waals surface area contributed by atoms with Gasteiger partial charge in [0.2, 0.25) is 0 Å².